The second-order valence-corrected chi connectivity index (χ2v) is 6.43. The molecule has 6 nitrogen and oxygen atoms in total. The summed E-state index contributed by atoms with van der Waals surface area (Å²) in [5, 5.41) is 5.16. The zero-order valence-electron chi connectivity index (χ0n) is 13.3. The maximum Gasteiger partial charge on any atom is 0.251 e. The van der Waals surface area contributed by atoms with Gasteiger partial charge >= 0.3 is 0 Å². The molecule has 7 heteroatoms. The van der Waals surface area contributed by atoms with Crippen molar-refractivity contribution in [2.24, 2.45) is 17.6 Å². The van der Waals surface area contributed by atoms with Gasteiger partial charge in [-0.05, 0) is 42.9 Å². The van der Waals surface area contributed by atoms with Gasteiger partial charge in [0, 0.05) is 24.6 Å². The number of imide groups is 1. The van der Waals surface area contributed by atoms with Gasteiger partial charge < -0.3 is 11.1 Å². The van der Waals surface area contributed by atoms with Gasteiger partial charge in [0.15, 0.2) is 0 Å². The van der Waals surface area contributed by atoms with Crippen LogP contribution in [0.4, 0.5) is 0 Å². The molecular formula is C17H22ClN3O3. The Morgan fingerprint density at radius 1 is 1.25 bits per heavy atom. The molecule has 0 aromatic heterocycles. The van der Waals surface area contributed by atoms with Gasteiger partial charge in [-0.15, -0.1) is 12.4 Å². The van der Waals surface area contributed by atoms with E-state index in [1.54, 1.807) is 12.1 Å². The van der Waals surface area contributed by atoms with Crippen molar-refractivity contribution in [3.05, 3.63) is 35.4 Å². The average Bonchev–Trinajstić information content (AvgIpc) is 3.32. The summed E-state index contributed by atoms with van der Waals surface area (Å²) in [5.41, 5.74) is 7.47. The van der Waals surface area contributed by atoms with Crippen LogP contribution >= 0.6 is 12.4 Å². The minimum Gasteiger partial charge on any atom is -0.350 e. The molecule has 24 heavy (non-hydrogen) atoms. The van der Waals surface area contributed by atoms with Crippen LogP contribution in [0.1, 0.15) is 35.2 Å². The summed E-state index contributed by atoms with van der Waals surface area (Å²) in [6, 6.07) is 7.17. The predicted octanol–water partition coefficient (Wildman–Crippen LogP) is 0.781. The Balaban J connectivity index is 0.00000208. The first-order valence-corrected chi connectivity index (χ1v) is 7.99. The number of amides is 3. The normalized spacial score (nSPS) is 21.0. The van der Waals surface area contributed by atoms with Crippen LogP contribution in [0.5, 0.6) is 0 Å². The summed E-state index contributed by atoms with van der Waals surface area (Å²) < 4.78 is 0. The molecule has 0 radical (unpaired) electrons. The Bertz CT molecular complexity index is 628. The SMILES string of the molecule is Cl.NC(CNC(=O)c1ccc(CC2CC(=O)NC2=O)cc1)C1CC1. The lowest BCUT2D eigenvalue weighted by molar-refractivity contribution is -0.125. The molecule has 2 fully saturated rings. The highest BCUT2D eigenvalue weighted by Gasteiger charge is 2.30. The monoisotopic (exact) mass is 351 g/mol. The van der Waals surface area contributed by atoms with E-state index in [2.05, 4.69) is 10.6 Å². The largest absolute Gasteiger partial charge is 0.350 e. The molecule has 0 spiro atoms. The van der Waals surface area contributed by atoms with Gasteiger partial charge in [0.25, 0.3) is 5.91 Å². The molecule has 2 atom stereocenters. The van der Waals surface area contributed by atoms with E-state index in [9.17, 15) is 14.4 Å². The lowest BCUT2D eigenvalue weighted by atomic mass is 9.97. The van der Waals surface area contributed by atoms with Crippen molar-refractivity contribution < 1.29 is 14.4 Å². The van der Waals surface area contributed by atoms with Crippen LogP contribution in [-0.4, -0.2) is 30.3 Å². The molecule has 4 N–H and O–H groups in total. The Morgan fingerprint density at radius 3 is 2.46 bits per heavy atom. The van der Waals surface area contributed by atoms with Gasteiger partial charge in [-0.2, -0.15) is 0 Å². The topological polar surface area (TPSA) is 101 Å². The molecule has 1 aliphatic carbocycles. The van der Waals surface area contributed by atoms with Crippen LogP contribution in [0.3, 0.4) is 0 Å². The fourth-order valence-corrected chi connectivity index (χ4v) is 2.85. The first-order chi connectivity index (χ1) is 11.0. The minimum atomic E-state index is -0.307. The van der Waals surface area contributed by atoms with Crippen LogP contribution in [0.25, 0.3) is 0 Å². The van der Waals surface area contributed by atoms with E-state index in [1.807, 2.05) is 12.1 Å². The van der Waals surface area contributed by atoms with Gasteiger partial charge in [-0.25, -0.2) is 0 Å². The second-order valence-electron chi connectivity index (χ2n) is 6.43. The second kappa shape index (κ2) is 7.77. The molecule has 1 aliphatic heterocycles. The van der Waals surface area contributed by atoms with Crippen molar-refractivity contribution in [3.8, 4) is 0 Å². The highest BCUT2D eigenvalue weighted by Crippen LogP contribution is 2.31. The number of benzene rings is 1. The van der Waals surface area contributed by atoms with Crippen molar-refractivity contribution in [1.29, 1.82) is 0 Å². The highest BCUT2D eigenvalue weighted by molar-refractivity contribution is 6.03. The van der Waals surface area contributed by atoms with Crippen LogP contribution in [0.15, 0.2) is 24.3 Å². The third-order valence-corrected chi connectivity index (χ3v) is 4.49. The molecule has 1 heterocycles. The molecule has 0 bridgehead atoms. The predicted molar refractivity (Wildman–Crippen MR) is 91.7 cm³/mol. The van der Waals surface area contributed by atoms with Crippen molar-refractivity contribution in [2.75, 3.05) is 6.54 Å². The zero-order valence-corrected chi connectivity index (χ0v) is 14.1. The fourth-order valence-electron chi connectivity index (χ4n) is 2.85. The van der Waals surface area contributed by atoms with Gasteiger partial charge in [-0.1, -0.05) is 12.1 Å². The van der Waals surface area contributed by atoms with Gasteiger partial charge in [-0.3, -0.25) is 19.7 Å². The quantitative estimate of drug-likeness (QED) is 0.659. The number of rotatable bonds is 6. The molecule has 2 unspecified atom stereocenters. The first kappa shape index (κ1) is 18.4. The van der Waals surface area contributed by atoms with E-state index < -0.39 is 0 Å². The standard InChI is InChI=1S/C17H21N3O3.ClH/c18-14(11-5-6-11)9-19-16(22)12-3-1-10(2-4-12)7-13-8-15(21)20-17(13)23;/h1-4,11,13-14H,5-9,18H2,(H,19,22)(H,20,21,23);1H. The molecule has 1 aromatic rings. The number of carbonyl (C=O) groups is 3. The number of hydrogen-bond acceptors (Lipinski definition) is 4. The lowest BCUT2D eigenvalue weighted by Gasteiger charge is -2.12. The summed E-state index contributed by atoms with van der Waals surface area (Å²) in [6.07, 6.45) is 3.05. The Morgan fingerprint density at radius 2 is 1.92 bits per heavy atom. The van der Waals surface area contributed by atoms with Crippen molar-refractivity contribution in [1.82, 2.24) is 10.6 Å². The number of hydrogen-bond donors (Lipinski definition) is 3. The van der Waals surface area contributed by atoms with Crippen LogP contribution in [0.2, 0.25) is 0 Å². The van der Waals surface area contributed by atoms with Crippen molar-refractivity contribution >= 4 is 30.1 Å². The third kappa shape index (κ3) is 4.55. The highest BCUT2D eigenvalue weighted by atomic mass is 35.5. The summed E-state index contributed by atoms with van der Waals surface area (Å²) in [4.78, 5) is 34.8. The maximum absolute atomic E-state index is 12.1. The number of carbonyl (C=O) groups excluding carboxylic acids is 3. The maximum atomic E-state index is 12.1. The van der Waals surface area contributed by atoms with E-state index in [-0.39, 0.29) is 48.5 Å². The molecule has 3 rings (SSSR count). The number of nitrogens with one attached hydrogen (secondary N) is 2. The molecule has 1 saturated carbocycles. The summed E-state index contributed by atoms with van der Waals surface area (Å²) in [7, 11) is 0. The average molecular weight is 352 g/mol. The van der Waals surface area contributed by atoms with E-state index in [1.165, 1.54) is 0 Å². The van der Waals surface area contributed by atoms with E-state index in [0.29, 0.717) is 24.4 Å². The molecular weight excluding hydrogens is 330 g/mol. The molecule has 2 aliphatic rings. The number of nitrogens with two attached hydrogens (primary N) is 1. The summed E-state index contributed by atoms with van der Waals surface area (Å²) in [5.74, 6) is -0.327. The van der Waals surface area contributed by atoms with E-state index >= 15 is 0 Å². The van der Waals surface area contributed by atoms with Gasteiger partial charge in [0.2, 0.25) is 11.8 Å². The van der Waals surface area contributed by atoms with Crippen molar-refractivity contribution in [3.63, 3.8) is 0 Å². The smallest absolute Gasteiger partial charge is 0.251 e. The summed E-state index contributed by atoms with van der Waals surface area (Å²) in [6.45, 7) is 0.496. The van der Waals surface area contributed by atoms with Gasteiger partial charge in [0.05, 0.1) is 5.92 Å². The molecule has 130 valence electrons. The third-order valence-electron chi connectivity index (χ3n) is 4.49. The summed E-state index contributed by atoms with van der Waals surface area (Å²) >= 11 is 0. The van der Waals surface area contributed by atoms with Crippen LogP contribution < -0.4 is 16.4 Å². The lowest BCUT2D eigenvalue weighted by Crippen LogP contribution is -2.38. The van der Waals surface area contributed by atoms with Crippen LogP contribution in [0, 0.1) is 11.8 Å². The van der Waals surface area contributed by atoms with E-state index in [4.69, 9.17) is 5.73 Å². The Hall–Kier alpha value is -1.92. The Labute approximate surface area is 147 Å². The van der Waals surface area contributed by atoms with E-state index in [0.717, 1.165) is 18.4 Å². The van der Waals surface area contributed by atoms with Gasteiger partial charge in [0.1, 0.15) is 0 Å². The molecule has 1 aromatic carbocycles. The fraction of sp³-hybridized carbons (Fsp3) is 0.471. The van der Waals surface area contributed by atoms with Crippen molar-refractivity contribution in [2.45, 2.75) is 31.7 Å². The van der Waals surface area contributed by atoms with Crippen LogP contribution in [-0.2, 0) is 16.0 Å². The molecule has 3 amide bonds. The zero-order chi connectivity index (χ0) is 16.4. The minimum absolute atomic E-state index is 0. The first-order valence-electron chi connectivity index (χ1n) is 7.99. The Kier molecular flexibility index (Phi) is 5.96. The number of halogens is 1. The molecule has 1 saturated heterocycles.